The second-order valence-corrected chi connectivity index (χ2v) is 7.99. The molecule has 25 heavy (non-hydrogen) atoms. The predicted molar refractivity (Wildman–Crippen MR) is 102 cm³/mol. The van der Waals surface area contributed by atoms with Crippen LogP contribution in [0.15, 0.2) is 57.8 Å². The molecule has 0 saturated heterocycles. The molecule has 0 radical (unpaired) electrons. The molecular formula is C17H14FN3OS3. The van der Waals surface area contributed by atoms with Crippen molar-refractivity contribution in [2.24, 2.45) is 0 Å². The molecule has 1 heterocycles. The summed E-state index contributed by atoms with van der Waals surface area (Å²) >= 11 is 4.34. The Bertz CT molecular complexity index is 868. The SMILES string of the molecule is CSc1ccccc1C(=O)Nc1nnc(SCc2ccc(F)cc2)s1. The van der Waals surface area contributed by atoms with Crippen LogP contribution < -0.4 is 5.32 Å². The lowest BCUT2D eigenvalue weighted by atomic mass is 10.2. The minimum atomic E-state index is -0.250. The molecule has 1 N–H and O–H groups in total. The zero-order chi connectivity index (χ0) is 17.6. The standard InChI is InChI=1S/C17H14FN3OS3/c1-23-14-5-3-2-4-13(14)15(22)19-16-20-21-17(25-16)24-10-11-6-8-12(18)9-7-11/h2-9H,10H2,1H3,(H,19,20,22). The number of halogens is 1. The lowest BCUT2D eigenvalue weighted by molar-refractivity contribution is 0.102. The maximum Gasteiger partial charge on any atom is 0.258 e. The molecule has 0 saturated carbocycles. The van der Waals surface area contributed by atoms with Gasteiger partial charge in [-0.05, 0) is 36.1 Å². The second kappa shape index (κ2) is 8.46. The van der Waals surface area contributed by atoms with E-state index in [2.05, 4.69) is 15.5 Å². The number of carbonyl (C=O) groups is 1. The number of hydrogen-bond donors (Lipinski definition) is 1. The van der Waals surface area contributed by atoms with Crippen molar-refractivity contribution in [3.63, 3.8) is 0 Å². The van der Waals surface area contributed by atoms with Crippen molar-refractivity contribution in [2.45, 2.75) is 15.0 Å². The number of nitrogens with one attached hydrogen (secondary N) is 1. The second-order valence-electron chi connectivity index (χ2n) is 4.94. The highest BCUT2D eigenvalue weighted by atomic mass is 32.2. The lowest BCUT2D eigenvalue weighted by Crippen LogP contribution is -2.12. The first kappa shape index (κ1) is 17.9. The Hall–Kier alpha value is -1.90. The van der Waals surface area contributed by atoms with Gasteiger partial charge in [-0.1, -0.05) is 47.4 Å². The average Bonchev–Trinajstić information content (AvgIpc) is 3.08. The van der Waals surface area contributed by atoms with Crippen LogP contribution in [0.2, 0.25) is 0 Å². The number of benzene rings is 2. The van der Waals surface area contributed by atoms with Crippen molar-refractivity contribution in [3.8, 4) is 0 Å². The number of nitrogens with zero attached hydrogens (tertiary/aromatic N) is 2. The highest BCUT2D eigenvalue weighted by Crippen LogP contribution is 2.29. The third kappa shape index (κ3) is 4.81. The first-order valence-corrected chi connectivity index (χ1v) is 10.3. The summed E-state index contributed by atoms with van der Waals surface area (Å²) in [5.41, 5.74) is 1.62. The fraction of sp³-hybridized carbons (Fsp3) is 0.118. The van der Waals surface area contributed by atoms with Gasteiger partial charge in [0.2, 0.25) is 5.13 Å². The highest BCUT2D eigenvalue weighted by molar-refractivity contribution is 8.00. The molecule has 3 aromatic rings. The zero-order valence-electron chi connectivity index (χ0n) is 13.2. The fourth-order valence-electron chi connectivity index (χ4n) is 2.04. The molecular weight excluding hydrogens is 377 g/mol. The number of hydrogen-bond acceptors (Lipinski definition) is 6. The number of amides is 1. The first-order chi connectivity index (χ1) is 12.2. The Morgan fingerprint density at radius 3 is 2.68 bits per heavy atom. The van der Waals surface area contributed by atoms with E-state index < -0.39 is 0 Å². The van der Waals surface area contributed by atoms with Crippen molar-refractivity contribution >= 4 is 45.9 Å². The normalized spacial score (nSPS) is 10.6. The van der Waals surface area contributed by atoms with Crippen LogP contribution in [0.5, 0.6) is 0 Å². The highest BCUT2D eigenvalue weighted by Gasteiger charge is 2.13. The summed E-state index contributed by atoms with van der Waals surface area (Å²) in [4.78, 5) is 13.3. The zero-order valence-corrected chi connectivity index (χ0v) is 15.7. The number of carbonyl (C=O) groups excluding carboxylic acids is 1. The van der Waals surface area contributed by atoms with E-state index >= 15 is 0 Å². The summed E-state index contributed by atoms with van der Waals surface area (Å²) in [5.74, 6) is 0.217. The van der Waals surface area contributed by atoms with E-state index in [0.717, 1.165) is 14.8 Å². The molecule has 0 spiro atoms. The smallest absolute Gasteiger partial charge is 0.258 e. The number of aromatic nitrogens is 2. The molecule has 0 aliphatic carbocycles. The fourth-order valence-corrected chi connectivity index (χ4v) is 4.34. The molecule has 1 aromatic heterocycles. The van der Waals surface area contributed by atoms with Crippen LogP contribution in [-0.4, -0.2) is 22.4 Å². The third-order valence-corrected chi connectivity index (χ3v) is 6.09. The molecule has 8 heteroatoms. The molecule has 1 amide bonds. The van der Waals surface area contributed by atoms with Crippen molar-refractivity contribution in [1.29, 1.82) is 0 Å². The van der Waals surface area contributed by atoms with Crippen LogP contribution in [0.25, 0.3) is 0 Å². The van der Waals surface area contributed by atoms with Gasteiger partial charge in [-0.25, -0.2) is 4.39 Å². The Labute approximate surface area is 157 Å². The van der Waals surface area contributed by atoms with Gasteiger partial charge in [-0.3, -0.25) is 10.1 Å². The van der Waals surface area contributed by atoms with Crippen LogP contribution in [0, 0.1) is 5.82 Å². The van der Waals surface area contributed by atoms with E-state index in [1.54, 1.807) is 18.2 Å². The topological polar surface area (TPSA) is 54.9 Å². The molecule has 0 fully saturated rings. The number of rotatable bonds is 6. The van der Waals surface area contributed by atoms with Crippen molar-refractivity contribution in [2.75, 3.05) is 11.6 Å². The Morgan fingerprint density at radius 2 is 1.92 bits per heavy atom. The maximum atomic E-state index is 12.9. The van der Waals surface area contributed by atoms with Crippen LogP contribution in [-0.2, 0) is 5.75 Å². The third-order valence-electron chi connectivity index (χ3n) is 3.25. The van der Waals surface area contributed by atoms with Gasteiger partial charge in [0.15, 0.2) is 4.34 Å². The lowest BCUT2D eigenvalue weighted by Gasteiger charge is -2.05. The predicted octanol–water partition coefficient (Wildman–Crippen LogP) is 4.94. The Balaban J connectivity index is 1.61. The van der Waals surface area contributed by atoms with E-state index in [0.29, 0.717) is 16.4 Å². The van der Waals surface area contributed by atoms with Gasteiger partial charge in [0.1, 0.15) is 5.82 Å². The summed E-state index contributed by atoms with van der Waals surface area (Å²) in [7, 11) is 0. The van der Waals surface area contributed by atoms with Crippen LogP contribution in [0.4, 0.5) is 9.52 Å². The Morgan fingerprint density at radius 1 is 1.16 bits per heavy atom. The van der Waals surface area contributed by atoms with E-state index in [1.807, 2.05) is 24.5 Å². The van der Waals surface area contributed by atoms with Gasteiger partial charge in [0.25, 0.3) is 5.91 Å². The molecule has 4 nitrogen and oxygen atoms in total. The summed E-state index contributed by atoms with van der Waals surface area (Å²) in [5, 5.41) is 11.3. The summed E-state index contributed by atoms with van der Waals surface area (Å²) in [6.45, 7) is 0. The molecule has 3 rings (SSSR count). The quantitative estimate of drug-likeness (QED) is 0.476. The van der Waals surface area contributed by atoms with Gasteiger partial charge >= 0.3 is 0 Å². The van der Waals surface area contributed by atoms with Gasteiger partial charge in [0, 0.05) is 10.6 Å². The number of anilines is 1. The number of thioether (sulfide) groups is 2. The minimum absolute atomic E-state index is 0.198. The van der Waals surface area contributed by atoms with Gasteiger partial charge < -0.3 is 0 Å². The van der Waals surface area contributed by atoms with E-state index in [4.69, 9.17) is 0 Å². The molecule has 2 aromatic carbocycles. The van der Waals surface area contributed by atoms with E-state index in [9.17, 15) is 9.18 Å². The molecule has 0 bridgehead atoms. The molecule has 0 aliphatic rings. The molecule has 0 aliphatic heterocycles. The van der Waals surface area contributed by atoms with Crippen molar-refractivity contribution < 1.29 is 9.18 Å². The summed E-state index contributed by atoms with van der Waals surface area (Å²) in [6.07, 6.45) is 1.93. The van der Waals surface area contributed by atoms with Crippen molar-refractivity contribution in [1.82, 2.24) is 10.2 Å². The first-order valence-electron chi connectivity index (χ1n) is 7.31. The van der Waals surface area contributed by atoms with Gasteiger partial charge in [0.05, 0.1) is 5.56 Å². The van der Waals surface area contributed by atoms with Crippen molar-refractivity contribution in [3.05, 3.63) is 65.5 Å². The Kier molecular flexibility index (Phi) is 6.06. The largest absolute Gasteiger partial charge is 0.296 e. The van der Waals surface area contributed by atoms with E-state index in [1.165, 1.54) is 47.0 Å². The summed E-state index contributed by atoms with van der Waals surface area (Å²) < 4.78 is 13.6. The summed E-state index contributed by atoms with van der Waals surface area (Å²) in [6, 6.07) is 13.8. The molecule has 0 unspecified atom stereocenters. The monoisotopic (exact) mass is 391 g/mol. The maximum absolute atomic E-state index is 12.9. The molecule has 0 atom stereocenters. The van der Waals surface area contributed by atoms with Crippen LogP contribution in [0.3, 0.4) is 0 Å². The average molecular weight is 392 g/mol. The van der Waals surface area contributed by atoms with Crippen LogP contribution in [0.1, 0.15) is 15.9 Å². The molecule has 128 valence electrons. The van der Waals surface area contributed by atoms with Crippen LogP contribution >= 0.6 is 34.9 Å². The minimum Gasteiger partial charge on any atom is -0.296 e. The van der Waals surface area contributed by atoms with E-state index in [-0.39, 0.29) is 11.7 Å². The van der Waals surface area contributed by atoms with Gasteiger partial charge in [-0.2, -0.15) is 0 Å². The van der Waals surface area contributed by atoms with Gasteiger partial charge in [-0.15, -0.1) is 22.0 Å².